The number of oxime groups is 1. The second kappa shape index (κ2) is 6.46. The predicted octanol–water partition coefficient (Wildman–Crippen LogP) is -0.117. The van der Waals surface area contributed by atoms with E-state index in [0.29, 0.717) is 6.42 Å². The Labute approximate surface area is 84.8 Å². The van der Waals surface area contributed by atoms with Gasteiger partial charge in [-0.15, -0.1) is 0 Å². The number of halogens is 3. The molecule has 0 radical (unpaired) electrons. The Morgan fingerprint density at radius 2 is 2.07 bits per heavy atom. The van der Waals surface area contributed by atoms with Gasteiger partial charge in [0.15, 0.2) is 5.84 Å². The van der Waals surface area contributed by atoms with Crippen LogP contribution in [0.2, 0.25) is 0 Å². The Hall–Kier alpha value is -1.02. The van der Waals surface area contributed by atoms with E-state index in [1.54, 1.807) is 0 Å². The summed E-state index contributed by atoms with van der Waals surface area (Å²) in [7, 11) is 0. The van der Waals surface area contributed by atoms with Crippen molar-refractivity contribution in [3.63, 3.8) is 0 Å². The summed E-state index contributed by atoms with van der Waals surface area (Å²) in [6.07, 6.45) is -4.21. The highest BCUT2D eigenvalue weighted by atomic mass is 19.4. The number of rotatable bonds is 6. The first-order chi connectivity index (χ1) is 6.93. The zero-order valence-corrected chi connectivity index (χ0v) is 7.96. The van der Waals surface area contributed by atoms with Crippen LogP contribution in [0.4, 0.5) is 13.2 Å². The third kappa shape index (κ3) is 5.43. The van der Waals surface area contributed by atoms with Crippen LogP contribution in [-0.4, -0.2) is 42.0 Å². The van der Waals surface area contributed by atoms with Crippen LogP contribution in [0.25, 0.3) is 0 Å². The second-order valence-corrected chi connectivity index (χ2v) is 2.90. The molecule has 5 nitrogen and oxygen atoms in total. The van der Waals surface area contributed by atoms with Gasteiger partial charge in [-0.05, 0) is 13.0 Å². The first kappa shape index (κ1) is 14.0. The van der Waals surface area contributed by atoms with E-state index >= 15 is 0 Å². The molecule has 0 aromatic rings. The van der Waals surface area contributed by atoms with Crippen LogP contribution < -0.4 is 11.1 Å². The van der Waals surface area contributed by atoms with Crippen LogP contribution >= 0.6 is 0 Å². The Bertz CT molecular complexity index is 208. The molecule has 0 aliphatic rings. The SMILES string of the molecule is NC(=NO)C(CNCCCO)C(F)(F)F. The molecule has 8 heteroatoms. The highest BCUT2D eigenvalue weighted by Crippen LogP contribution is 2.25. The van der Waals surface area contributed by atoms with Crippen LogP contribution in [0, 0.1) is 5.92 Å². The topological polar surface area (TPSA) is 90.9 Å². The number of amidine groups is 1. The minimum Gasteiger partial charge on any atom is -0.409 e. The van der Waals surface area contributed by atoms with Crippen molar-refractivity contribution in [1.29, 1.82) is 0 Å². The highest BCUT2D eigenvalue weighted by Gasteiger charge is 2.42. The van der Waals surface area contributed by atoms with Gasteiger partial charge >= 0.3 is 6.18 Å². The largest absolute Gasteiger partial charge is 0.409 e. The van der Waals surface area contributed by atoms with Gasteiger partial charge in [0, 0.05) is 13.2 Å². The number of alkyl halides is 3. The van der Waals surface area contributed by atoms with Crippen LogP contribution in [0.5, 0.6) is 0 Å². The number of hydrogen-bond donors (Lipinski definition) is 4. The smallest absolute Gasteiger partial charge is 0.400 e. The maximum absolute atomic E-state index is 12.3. The molecule has 0 aromatic heterocycles. The molecule has 0 heterocycles. The average molecular weight is 229 g/mol. The van der Waals surface area contributed by atoms with Gasteiger partial charge in [0.25, 0.3) is 0 Å². The minimum absolute atomic E-state index is 0.104. The molecule has 0 rings (SSSR count). The summed E-state index contributed by atoms with van der Waals surface area (Å²) < 4.78 is 36.9. The fourth-order valence-corrected chi connectivity index (χ4v) is 0.908. The summed E-state index contributed by atoms with van der Waals surface area (Å²) >= 11 is 0. The van der Waals surface area contributed by atoms with Crippen molar-refractivity contribution in [3.8, 4) is 0 Å². The van der Waals surface area contributed by atoms with Crippen molar-refractivity contribution in [3.05, 3.63) is 0 Å². The van der Waals surface area contributed by atoms with Crippen molar-refractivity contribution in [2.45, 2.75) is 12.6 Å². The van der Waals surface area contributed by atoms with E-state index in [0.717, 1.165) is 0 Å². The Morgan fingerprint density at radius 3 is 2.47 bits per heavy atom. The van der Waals surface area contributed by atoms with E-state index in [-0.39, 0.29) is 13.2 Å². The standard InChI is InChI=1S/C7H14F3N3O2/c8-7(9,10)5(6(11)13-15)4-12-2-1-3-14/h5,12,14-15H,1-4H2,(H2,11,13). The maximum Gasteiger partial charge on any atom is 0.400 e. The van der Waals surface area contributed by atoms with E-state index in [4.69, 9.17) is 16.0 Å². The molecule has 0 aliphatic carbocycles. The molecule has 0 amide bonds. The molecular weight excluding hydrogens is 215 g/mol. The van der Waals surface area contributed by atoms with Crippen LogP contribution in [0.3, 0.4) is 0 Å². The summed E-state index contributed by atoms with van der Waals surface area (Å²) in [5.74, 6) is -2.89. The molecule has 0 bridgehead atoms. The quantitative estimate of drug-likeness (QED) is 0.168. The Kier molecular flexibility index (Phi) is 6.02. The second-order valence-electron chi connectivity index (χ2n) is 2.90. The average Bonchev–Trinajstić information content (AvgIpc) is 2.15. The van der Waals surface area contributed by atoms with E-state index in [2.05, 4.69) is 10.5 Å². The number of aliphatic hydroxyl groups excluding tert-OH is 1. The lowest BCUT2D eigenvalue weighted by atomic mass is 10.1. The van der Waals surface area contributed by atoms with Crippen molar-refractivity contribution in [2.24, 2.45) is 16.8 Å². The third-order valence-electron chi connectivity index (χ3n) is 1.73. The normalized spacial score (nSPS) is 15.3. The number of aliphatic hydroxyl groups is 1. The highest BCUT2D eigenvalue weighted by molar-refractivity contribution is 5.83. The molecule has 0 saturated heterocycles. The first-order valence-corrected chi connectivity index (χ1v) is 4.29. The molecule has 90 valence electrons. The molecule has 0 spiro atoms. The molecule has 0 aromatic carbocycles. The van der Waals surface area contributed by atoms with Gasteiger partial charge in [-0.3, -0.25) is 0 Å². The van der Waals surface area contributed by atoms with Gasteiger partial charge in [0.2, 0.25) is 0 Å². The van der Waals surface area contributed by atoms with Gasteiger partial charge in [-0.25, -0.2) is 0 Å². The van der Waals surface area contributed by atoms with Crippen LogP contribution in [0.1, 0.15) is 6.42 Å². The number of nitrogens with one attached hydrogen (secondary N) is 1. The van der Waals surface area contributed by atoms with Gasteiger partial charge in [-0.2, -0.15) is 13.2 Å². The van der Waals surface area contributed by atoms with E-state index in [9.17, 15) is 13.2 Å². The van der Waals surface area contributed by atoms with Gasteiger partial charge in [0.1, 0.15) is 5.92 Å². The summed E-state index contributed by atoms with van der Waals surface area (Å²) in [5, 5.41) is 21.4. The van der Waals surface area contributed by atoms with Gasteiger partial charge in [-0.1, -0.05) is 5.16 Å². The Balaban J connectivity index is 4.16. The summed E-state index contributed by atoms with van der Waals surface area (Å²) in [6, 6.07) is 0. The summed E-state index contributed by atoms with van der Waals surface area (Å²) in [4.78, 5) is 0. The minimum atomic E-state index is -4.55. The molecule has 5 N–H and O–H groups in total. The van der Waals surface area contributed by atoms with Gasteiger partial charge < -0.3 is 21.4 Å². The predicted molar refractivity (Wildman–Crippen MR) is 47.5 cm³/mol. The lowest BCUT2D eigenvalue weighted by Gasteiger charge is -2.19. The monoisotopic (exact) mass is 229 g/mol. The zero-order valence-electron chi connectivity index (χ0n) is 7.96. The van der Waals surface area contributed by atoms with Crippen molar-refractivity contribution >= 4 is 5.84 Å². The fraction of sp³-hybridized carbons (Fsp3) is 0.857. The third-order valence-corrected chi connectivity index (χ3v) is 1.73. The van der Waals surface area contributed by atoms with Crippen LogP contribution in [0.15, 0.2) is 5.16 Å². The van der Waals surface area contributed by atoms with Crippen molar-refractivity contribution in [2.75, 3.05) is 19.7 Å². The summed E-state index contributed by atoms with van der Waals surface area (Å²) in [5.41, 5.74) is 4.91. The molecule has 15 heavy (non-hydrogen) atoms. The molecule has 0 saturated carbocycles. The zero-order chi connectivity index (χ0) is 11.9. The molecule has 1 atom stereocenters. The molecule has 0 aliphatic heterocycles. The lowest BCUT2D eigenvalue weighted by molar-refractivity contribution is -0.154. The molecular formula is C7H14F3N3O2. The number of nitrogens with two attached hydrogens (primary N) is 1. The van der Waals surface area contributed by atoms with Crippen molar-refractivity contribution in [1.82, 2.24) is 5.32 Å². The lowest BCUT2D eigenvalue weighted by Crippen LogP contribution is -2.43. The Morgan fingerprint density at radius 1 is 1.47 bits per heavy atom. The number of hydrogen-bond acceptors (Lipinski definition) is 4. The van der Waals surface area contributed by atoms with E-state index < -0.39 is 24.5 Å². The molecule has 1 unspecified atom stereocenters. The van der Waals surface area contributed by atoms with Crippen molar-refractivity contribution < 1.29 is 23.5 Å². The van der Waals surface area contributed by atoms with E-state index in [1.165, 1.54) is 0 Å². The fourth-order valence-electron chi connectivity index (χ4n) is 0.908. The summed E-state index contributed by atoms with van der Waals surface area (Å²) in [6.45, 7) is -0.339. The maximum atomic E-state index is 12.3. The number of nitrogens with zero attached hydrogens (tertiary/aromatic N) is 1. The van der Waals surface area contributed by atoms with Gasteiger partial charge in [0.05, 0.1) is 0 Å². The van der Waals surface area contributed by atoms with E-state index in [1.807, 2.05) is 0 Å². The van der Waals surface area contributed by atoms with Crippen LogP contribution in [-0.2, 0) is 0 Å². The molecule has 0 fully saturated rings. The first-order valence-electron chi connectivity index (χ1n) is 4.29.